The Morgan fingerprint density at radius 1 is 1.33 bits per heavy atom. The van der Waals surface area contributed by atoms with Crippen LogP contribution in [-0.2, 0) is 11.3 Å². The number of halogens is 1. The number of morpholine rings is 1. The molecule has 0 amide bonds. The monoisotopic (exact) mass is 307 g/mol. The van der Waals surface area contributed by atoms with Crippen LogP contribution in [0.2, 0.25) is 5.02 Å². The van der Waals surface area contributed by atoms with Crippen LogP contribution in [0.15, 0.2) is 12.3 Å². The zero-order valence-corrected chi connectivity index (χ0v) is 13.0. The molecule has 1 saturated heterocycles. The summed E-state index contributed by atoms with van der Waals surface area (Å²) in [6, 6.07) is 3.24. The van der Waals surface area contributed by atoms with Gasteiger partial charge in [0.25, 0.3) is 0 Å². The molecular formula is C16H22ClN3O. The van der Waals surface area contributed by atoms with Gasteiger partial charge in [-0.1, -0.05) is 11.6 Å². The van der Waals surface area contributed by atoms with Gasteiger partial charge < -0.3 is 15.0 Å². The lowest BCUT2D eigenvalue weighted by atomic mass is 10.1. The van der Waals surface area contributed by atoms with Crippen molar-refractivity contribution in [3.05, 3.63) is 22.8 Å². The molecule has 1 aliphatic heterocycles. The lowest BCUT2D eigenvalue weighted by molar-refractivity contribution is 0.0253. The molecule has 0 spiro atoms. The topological polar surface area (TPSA) is 37.4 Å². The number of nitrogens with zero attached hydrogens (tertiary/aromatic N) is 2. The molecule has 5 heteroatoms. The zero-order valence-electron chi connectivity index (χ0n) is 12.2. The van der Waals surface area contributed by atoms with Crippen LogP contribution < -0.4 is 10.2 Å². The quantitative estimate of drug-likeness (QED) is 0.928. The maximum atomic E-state index is 6.51. The third kappa shape index (κ3) is 2.89. The molecule has 3 fully saturated rings. The van der Waals surface area contributed by atoms with Crippen LogP contribution >= 0.6 is 11.6 Å². The van der Waals surface area contributed by atoms with Crippen molar-refractivity contribution >= 4 is 17.4 Å². The molecule has 2 saturated carbocycles. The highest BCUT2D eigenvalue weighted by Crippen LogP contribution is 2.35. The Bertz CT molecular complexity index is 520. The Morgan fingerprint density at radius 2 is 2.24 bits per heavy atom. The van der Waals surface area contributed by atoms with Gasteiger partial charge in [-0.05, 0) is 43.7 Å². The van der Waals surface area contributed by atoms with Crippen LogP contribution in [0.1, 0.15) is 37.7 Å². The predicted octanol–water partition coefficient (Wildman–Crippen LogP) is 2.74. The van der Waals surface area contributed by atoms with Crippen molar-refractivity contribution in [3.8, 4) is 0 Å². The minimum absolute atomic E-state index is 0.368. The highest BCUT2D eigenvalue weighted by atomic mass is 35.5. The Balaban J connectivity index is 1.50. The smallest absolute Gasteiger partial charge is 0.147 e. The second-order valence-corrected chi connectivity index (χ2v) is 6.81. The number of rotatable bonds is 4. The fraction of sp³-hybridized carbons (Fsp3) is 0.688. The van der Waals surface area contributed by atoms with Crippen LogP contribution in [0.25, 0.3) is 0 Å². The van der Waals surface area contributed by atoms with E-state index in [4.69, 9.17) is 16.3 Å². The summed E-state index contributed by atoms with van der Waals surface area (Å²) in [4.78, 5) is 7.02. The Morgan fingerprint density at radius 3 is 3.05 bits per heavy atom. The number of nitrogens with one attached hydrogen (secondary N) is 1. The molecule has 1 N–H and O–H groups in total. The first-order chi connectivity index (χ1) is 10.3. The van der Waals surface area contributed by atoms with E-state index >= 15 is 0 Å². The molecule has 2 unspecified atom stereocenters. The largest absolute Gasteiger partial charge is 0.374 e. The molecule has 0 radical (unpaired) electrons. The SMILES string of the molecule is Clc1cc(CNC2CC2)cnc1N1CCOC2CCCC21. The molecule has 2 atom stereocenters. The fourth-order valence-corrected chi connectivity index (χ4v) is 3.81. The summed E-state index contributed by atoms with van der Waals surface area (Å²) in [5.74, 6) is 0.937. The third-order valence-corrected chi connectivity index (χ3v) is 5.08. The lowest BCUT2D eigenvalue weighted by Gasteiger charge is -2.38. The van der Waals surface area contributed by atoms with Gasteiger partial charge in [0, 0.05) is 25.3 Å². The van der Waals surface area contributed by atoms with E-state index in [-0.39, 0.29) is 0 Å². The van der Waals surface area contributed by atoms with Crippen molar-refractivity contribution in [2.45, 2.75) is 56.8 Å². The number of pyridine rings is 1. The van der Waals surface area contributed by atoms with Crippen molar-refractivity contribution in [1.29, 1.82) is 0 Å². The number of anilines is 1. The molecular weight excluding hydrogens is 286 g/mol. The fourth-order valence-electron chi connectivity index (χ4n) is 3.52. The van der Waals surface area contributed by atoms with Gasteiger partial charge in [-0.3, -0.25) is 0 Å². The Labute approximate surface area is 130 Å². The van der Waals surface area contributed by atoms with Gasteiger partial charge in [0.1, 0.15) is 5.82 Å². The third-order valence-electron chi connectivity index (χ3n) is 4.80. The average Bonchev–Trinajstić information content (AvgIpc) is 3.20. The summed E-state index contributed by atoms with van der Waals surface area (Å²) in [5, 5.41) is 4.28. The molecule has 4 rings (SSSR count). The van der Waals surface area contributed by atoms with Crippen LogP contribution in [0.3, 0.4) is 0 Å². The van der Waals surface area contributed by atoms with Crippen molar-refractivity contribution in [3.63, 3.8) is 0 Å². The summed E-state index contributed by atoms with van der Waals surface area (Å²) >= 11 is 6.51. The average molecular weight is 308 g/mol. The molecule has 1 aromatic heterocycles. The first kappa shape index (κ1) is 13.8. The molecule has 2 aliphatic carbocycles. The summed E-state index contributed by atoms with van der Waals surface area (Å²) in [6.45, 7) is 2.55. The van der Waals surface area contributed by atoms with E-state index < -0.39 is 0 Å². The standard InChI is InChI=1S/C16H22ClN3O/c17-13-8-11(9-18-12-4-5-12)10-19-16(13)20-6-7-21-15-3-1-2-14(15)20/h8,10,12,14-15,18H,1-7,9H2. The van der Waals surface area contributed by atoms with Crippen LogP contribution in [0.4, 0.5) is 5.82 Å². The van der Waals surface area contributed by atoms with Crippen molar-refractivity contribution < 1.29 is 4.74 Å². The van der Waals surface area contributed by atoms with Crippen LogP contribution in [-0.4, -0.2) is 36.3 Å². The number of hydrogen-bond donors (Lipinski definition) is 1. The highest BCUT2D eigenvalue weighted by molar-refractivity contribution is 6.33. The normalized spacial score (nSPS) is 28.7. The molecule has 2 heterocycles. The first-order valence-electron chi connectivity index (χ1n) is 8.07. The lowest BCUT2D eigenvalue weighted by Crippen LogP contribution is -2.49. The number of hydrogen-bond acceptors (Lipinski definition) is 4. The Hall–Kier alpha value is -0.840. The maximum Gasteiger partial charge on any atom is 0.147 e. The molecule has 4 nitrogen and oxygen atoms in total. The number of fused-ring (bicyclic) bond motifs is 1. The molecule has 21 heavy (non-hydrogen) atoms. The van der Waals surface area contributed by atoms with E-state index in [9.17, 15) is 0 Å². The van der Waals surface area contributed by atoms with Gasteiger partial charge in [0.15, 0.2) is 0 Å². The summed E-state index contributed by atoms with van der Waals surface area (Å²) < 4.78 is 5.87. The van der Waals surface area contributed by atoms with Crippen molar-refractivity contribution in [2.75, 3.05) is 18.1 Å². The summed E-state index contributed by atoms with van der Waals surface area (Å²) in [6.07, 6.45) is 8.54. The molecule has 0 aromatic carbocycles. The van der Waals surface area contributed by atoms with Crippen LogP contribution in [0, 0.1) is 0 Å². The van der Waals surface area contributed by atoms with Crippen molar-refractivity contribution in [2.24, 2.45) is 0 Å². The first-order valence-corrected chi connectivity index (χ1v) is 8.45. The van der Waals surface area contributed by atoms with Gasteiger partial charge in [-0.2, -0.15) is 0 Å². The van der Waals surface area contributed by atoms with Gasteiger partial charge in [-0.15, -0.1) is 0 Å². The summed E-state index contributed by atoms with van der Waals surface area (Å²) in [7, 11) is 0. The second-order valence-electron chi connectivity index (χ2n) is 6.41. The van der Waals surface area contributed by atoms with E-state index in [0.717, 1.165) is 30.5 Å². The molecule has 114 valence electrons. The number of ether oxygens (including phenoxy) is 1. The van der Waals surface area contributed by atoms with Crippen molar-refractivity contribution in [1.82, 2.24) is 10.3 Å². The van der Waals surface area contributed by atoms with Gasteiger partial charge >= 0.3 is 0 Å². The van der Waals surface area contributed by atoms with E-state index in [2.05, 4.69) is 21.3 Å². The van der Waals surface area contributed by atoms with E-state index in [1.807, 2.05) is 6.20 Å². The highest BCUT2D eigenvalue weighted by Gasteiger charge is 2.37. The maximum absolute atomic E-state index is 6.51. The second kappa shape index (κ2) is 5.75. The van der Waals surface area contributed by atoms with Gasteiger partial charge in [-0.25, -0.2) is 4.98 Å². The molecule has 3 aliphatic rings. The molecule has 1 aromatic rings. The summed E-state index contributed by atoms with van der Waals surface area (Å²) in [5.41, 5.74) is 1.17. The Kier molecular flexibility index (Phi) is 3.78. The van der Waals surface area contributed by atoms with E-state index in [0.29, 0.717) is 18.2 Å². The minimum atomic E-state index is 0.368. The van der Waals surface area contributed by atoms with Gasteiger partial charge in [0.2, 0.25) is 0 Å². The molecule has 0 bridgehead atoms. The number of aromatic nitrogens is 1. The van der Waals surface area contributed by atoms with E-state index in [1.165, 1.54) is 37.7 Å². The predicted molar refractivity (Wildman–Crippen MR) is 83.8 cm³/mol. The van der Waals surface area contributed by atoms with Crippen LogP contribution in [0.5, 0.6) is 0 Å². The van der Waals surface area contributed by atoms with E-state index in [1.54, 1.807) is 0 Å². The van der Waals surface area contributed by atoms with Gasteiger partial charge in [0.05, 0.1) is 23.8 Å². The zero-order chi connectivity index (χ0) is 14.2. The minimum Gasteiger partial charge on any atom is -0.374 e.